The Balaban J connectivity index is 2.24. The summed E-state index contributed by atoms with van der Waals surface area (Å²) in [6, 6.07) is 5.92. The van der Waals surface area contributed by atoms with Gasteiger partial charge in [0.15, 0.2) is 0 Å². The molecule has 5 heteroatoms. The molecule has 0 spiro atoms. The third kappa shape index (κ3) is 5.61. The second-order valence-electron chi connectivity index (χ2n) is 4.70. The van der Waals surface area contributed by atoms with Crippen LogP contribution in [0.15, 0.2) is 29.4 Å². The van der Waals surface area contributed by atoms with Gasteiger partial charge in [-0.1, -0.05) is 19.4 Å². The molecule has 4 nitrogen and oxygen atoms in total. The summed E-state index contributed by atoms with van der Waals surface area (Å²) in [6.07, 6.45) is 4.61. The number of nitrogens with two attached hydrogens (primary N) is 1. The highest BCUT2D eigenvalue weighted by atomic mass is 32.2. The summed E-state index contributed by atoms with van der Waals surface area (Å²) in [5, 5.41) is 4.22. The van der Waals surface area contributed by atoms with Crippen molar-refractivity contribution in [1.29, 1.82) is 0 Å². The van der Waals surface area contributed by atoms with Gasteiger partial charge in [0.05, 0.1) is 10.6 Å². The van der Waals surface area contributed by atoms with Crippen LogP contribution in [0.4, 0.5) is 0 Å². The van der Waals surface area contributed by atoms with Crippen molar-refractivity contribution in [3.05, 3.63) is 24.4 Å². The molecule has 0 fully saturated rings. The molecule has 3 N–H and O–H groups in total. The van der Waals surface area contributed by atoms with E-state index in [1.807, 2.05) is 32.0 Å². The summed E-state index contributed by atoms with van der Waals surface area (Å²) in [7, 11) is 0. The van der Waals surface area contributed by atoms with Crippen molar-refractivity contribution in [3.63, 3.8) is 0 Å². The molecular weight excluding hydrogens is 258 g/mol. The summed E-state index contributed by atoms with van der Waals surface area (Å²) in [5.41, 5.74) is 4.87. The lowest BCUT2D eigenvalue weighted by molar-refractivity contribution is -0.124. The number of thioether (sulfide) groups is 1. The minimum absolute atomic E-state index is 0.272. The molecule has 106 valence electrons. The zero-order valence-electron chi connectivity index (χ0n) is 11.7. The van der Waals surface area contributed by atoms with Crippen LogP contribution < -0.4 is 11.1 Å². The van der Waals surface area contributed by atoms with Crippen molar-refractivity contribution in [2.45, 2.75) is 43.7 Å². The lowest BCUT2D eigenvalue weighted by atomic mass is 9.94. The van der Waals surface area contributed by atoms with Crippen molar-refractivity contribution >= 4 is 17.7 Å². The topological polar surface area (TPSA) is 68.0 Å². The predicted molar refractivity (Wildman–Crippen MR) is 80.1 cm³/mol. The van der Waals surface area contributed by atoms with Crippen molar-refractivity contribution in [1.82, 2.24) is 10.3 Å². The van der Waals surface area contributed by atoms with Gasteiger partial charge >= 0.3 is 0 Å². The molecule has 0 bridgehead atoms. The van der Waals surface area contributed by atoms with Crippen molar-refractivity contribution in [3.8, 4) is 0 Å². The highest BCUT2D eigenvalue weighted by molar-refractivity contribution is 7.99. The van der Waals surface area contributed by atoms with Gasteiger partial charge < -0.3 is 11.1 Å². The maximum absolute atomic E-state index is 11.4. The van der Waals surface area contributed by atoms with Crippen LogP contribution in [0.2, 0.25) is 0 Å². The molecule has 0 aliphatic carbocycles. The number of rotatable bonds is 9. The van der Waals surface area contributed by atoms with E-state index < -0.39 is 5.54 Å². The van der Waals surface area contributed by atoms with Crippen LogP contribution in [0.3, 0.4) is 0 Å². The van der Waals surface area contributed by atoms with Crippen molar-refractivity contribution < 1.29 is 4.79 Å². The number of pyridine rings is 1. The maximum atomic E-state index is 11.4. The Morgan fingerprint density at radius 3 is 2.84 bits per heavy atom. The first-order valence-electron chi connectivity index (χ1n) is 6.67. The average molecular weight is 281 g/mol. The fourth-order valence-electron chi connectivity index (χ4n) is 1.88. The van der Waals surface area contributed by atoms with Crippen LogP contribution in [0, 0.1) is 0 Å². The van der Waals surface area contributed by atoms with E-state index >= 15 is 0 Å². The van der Waals surface area contributed by atoms with E-state index in [-0.39, 0.29) is 5.91 Å². The zero-order valence-corrected chi connectivity index (χ0v) is 12.5. The Kier molecular flexibility index (Phi) is 6.87. The van der Waals surface area contributed by atoms with Crippen LogP contribution in [0.25, 0.3) is 0 Å². The Hall–Kier alpha value is -1.07. The second-order valence-corrected chi connectivity index (χ2v) is 5.82. The predicted octanol–water partition coefficient (Wildman–Crippen LogP) is 2.20. The number of carbonyl (C=O) groups is 1. The van der Waals surface area contributed by atoms with Crippen LogP contribution in [-0.4, -0.2) is 28.7 Å². The SMILES string of the molecule is CCNC(C)(CCCCSc1ccccn1)C(N)=O. The molecule has 0 saturated carbocycles. The standard InChI is InChI=1S/C14H23N3OS/c1-3-17-14(2,13(15)18)9-5-7-11-19-12-8-4-6-10-16-12/h4,6,8,10,17H,3,5,7,9,11H2,1-2H3,(H2,15,18). The Morgan fingerprint density at radius 2 is 2.26 bits per heavy atom. The molecule has 0 aliphatic heterocycles. The van der Waals surface area contributed by atoms with Gasteiger partial charge in [-0.15, -0.1) is 11.8 Å². The third-order valence-electron chi connectivity index (χ3n) is 3.07. The quantitative estimate of drug-likeness (QED) is 0.538. The van der Waals surface area contributed by atoms with Crippen LogP contribution in [0.1, 0.15) is 33.1 Å². The number of aromatic nitrogens is 1. The number of nitrogens with zero attached hydrogens (tertiary/aromatic N) is 1. The minimum Gasteiger partial charge on any atom is -0.368 e. The molecule has 19 heavy (non-hydrogen) atoms. The van der Waals surface area contributed by atoms with Crippen LogP contribution >= 0.6 is 11.8 Å². The molecule has 0 aliphatic rings. The van der Waals surface area contributed by atoms with E-state index in [2.05, 4.69) is 10.3 Å². The second kappa shape index (κ2) is 8.17. The molecular formula is C14H23N3OS. The van der Waals surface area contributed by atoms with Crippen LogP contribution in [0.5, 0.6) is 0 Å². The molecule has 1 aromatic rings. The Bertz CT molecular complexity index is 386. The Labute approximate surface area is 119 Å². The summed E-state index contributed by atoms with van der Waals surface area (Å²) in [6.45, 7) is 4.62. The van der Waals surface area contributed by atoms with E-state index in [1.165, 1.54) is 0 Å². The van der Waals surface area contributed by atoms with Gasteiger partial charge in [-0.2, -0.15) is 0 Å². The van der Waals surface area contributed by atoms with E-state index in [9.17, 15) is 4.79 Å². The molecule has 1 heterocycles. The zero-order chi connectivity index (χ0) is 14.1. The van der Waals surface area contributed by atoms with Gasteiger partial charge in [-0.05, 0) is 44.2 Å². The number of hydrogen-bond acceptors (Lipinski definition) is 4. The lowest BCUT2D eigenvalue weighted by Crippen LogP contribution is -2.52. The summed E-state index contributed by atoms with van der Waals surface area (Å²) in [5.74, 6) is 0.740. The van der Waals surface area contributed by atoms with Gasteiger partial charge in [-0.25, -0.2) is 4.98 Å². The first-order valence-corrected chi connectivity index (χ1v) is 7.66. The number of primary amides is 1. The van der Waals surface area contributed by atoms with Gasteiger partial charge in [-0.3, -0.25) is 4.79 Å². The third-order valence-corrected chi connectivity index (χ3v) is 4.10. The number of hydrogen-bond donors (Lipinski definition) is 2. The maximum Gasteiger partial charge on any atom is 0.237 e. The first kappa shape index (κ1) is 16.0. The molecule has 1 aromatic heterocycles. The van der Waals surface area contributed by atoms with Gasteiger partial charge in [0.2, 0.25) is 5.91 Å². The Morgan fingerprint density at radius 1 is 1.47 bits per heavy atom. The molecule has 0 radical (unpaired) electrons. The normalized spacial score (nSPS) is 14.0. The van der Waals surface area contributed by atoms with Crippen molar-refractivity contribution in [2.75, 3.05) is 12.3 Å². The molecule has 0 aromatic carbocycles. The molecule has 1 unspecified atom stereocenters. The number of carbonyl (C=O) groups excluding carboxylic acids is 1. The summed E-state index contributed by atoms with van der Waals surface area (Å²) >= 11 is 1.75. The molecule has 1 rings (SSSR count). The van der Waals surface area contributed by atoms with E-state index in [0.29, 0.717) is 0 Å². The minimum atomic E-state index is -0.579. The monoisotopic (exact) mass is 281 g/mol. The molecule has 0 saturated heterocycles. The fraction of sp³-hybridized carbons (Fsp3) is 0.571. The number of likely N-dealkylation sites (N-methyl/N-ethyl adjacent to an activating group) is 1. The first-order chi connectivity index (χ1) is 9.08. The average Bonchev–Trinajstić information content (AvgIpc) is 2.39. The number of unbranched alkanes of at least 4 members (excludes halogenated alkanes) is 1. The summed E-state index contributed by atoms with van der Waals surface area (Å²) in [4.78, 5) is 15.7. The van der Waals surface area contributed by atoms with Gasteiger partial charge in [0.25, 0.3) is 0 Å². The van der Waals surface area contributed by atoms with E-state index in [0.717, 1.165) is 36.6 Å². The van der Waals surface area contributed by atoms with Gasteiger partial charge in [0.1, 0.15) is 0 Å². The van der Waals surface area contributed by atoms with Gasteiger partial charge in [0, 0.05) is 6.20 Å². The fourth-order valence-corrected chi connectivity index (χ4v) is 2.75. The summed E-state index contributed by atoms with van der Waals surface area (Å²) < 4.78 is 0. The molecule has 1 amide bonds. The molecule has 1 atom stereocenters. The smallest absolute Gasteiger partial charge is 0.237 e. The number of amides is 1. The largest absolute Gasteiger partial charge is 0.368 e. The lowest BCUT2D eigenvalue weighted by Gasteiger charge is -2.26. The van der Waals surface area contributed by atoms with E-state index in [1.54, 1.807) is 18.0 Å². The number of nitrogens with one attached hydrogen (secondary N) is 1. The van der Waals surface area contributed by atoms with Crippen molar-refractivity contribution in [2.24, 2.45) is 5.73 Å². The highest BCUT2D eigenvalue weighted by Crippen LogP contribution is 2.19. The van der Waals surface area contributed by atoms with Crippen LogP contribution in [-0.2, 0) is 4.79 Å². The highest BCUT2D eigenvalue weighted by Gasteiger charge is 2.28. The van der Waals surface area contributed by atoms with E-state index in [4.69, 9.17) is 5.73 Å².